The highest BCUT2D eigenvalue weighted by Crippen LogP contribution is 2.55. The van der Waals surface area contributed by atoms with E-state index in [1.807, 2.05) is 39.9 Å². The van der Waals surface area contributed by atoms with Crippen LogP contribution in [0.5, 0.6) is 0 Å². The fourth-order valence-corrected chi connectivity index (χ4v) is 9.76. The van der Waals surface area contributed by atoms with Crippen LogP contribution in [0.1, 0.15) is 63.9 Å². The van der Waals surface area contributed by atoms with Crippen LogP contribution in [0, 0.1) is 17.2 Å². The molecular formula is C40H50F2N11O10PSSi. The SMILES string of the molecule is CC(C)C(=O)Nc1nc2c(ncn2[C@@H]2O[C@H](CO[Si](C)(C)C(C)(C)C)[C@@H](F)[C@@H]2OP(=S)(OCCC#N)OC[C@H]2O[C@@H](n3cnc4c(NC(=O)c5ccccc5)ncnc43)[C@@H](F)[C@@H]2O)c(=O)[nH]1. The Morgan fingerprint density at radius 3 is 2.35 bits per heavy atom. The lowest BCUT2D eigenvalue weighted by Crippen LogP contribution is -2.44. The summed E-state index contributed by atoms with van der Waals surface area (Å²) in [6.45, 7) is 7.98. The van der Waals surface area contributed by atoms with Crippen LogP contribution in [0.4, 0.5) is 20.5 Å². The van der Waals surface area contributed by atoms with Crippen molar-refractivity contribution in [1.29, 1.82) is 5.26 Å². The van der Waals surface area contributed by atoms with Gasteiger partial charge < -0.3 is 33.4 Å². The van der Waals surface area contributed by atoms with Crippen LogP contribution in [0.15, 0.2) is 54.1 Å². The van der Waals surface area contributed by atoms with E-state index in [1.165, 1.54) is 21.8 Å². The van der Waals surface area contributed by atoms with Gasteiger partial charge in [0.25, 0.3) is 11.5 Å². The molecule has 4 aromatic heterocycles. The third-order valence-electron chi connectivity index (χ3n) is 11.5. The molecule has 2 fully saturated rings. The molecule has 26 heteroatoms. The number of ether oxygens (including phenoxy) is 2. The molecule has 2 aliphatic rings. The Kier molecular flexibility index (Phi) is 14.6. The zero-order valence-corrected chi connectivity index (χ0v) is 39.7. The Balaban J connectivity index is 1.15. The number of carbonyl (C=O) groups excluding carboxylic acids is 2. The van der Waals surface area contributed by atoms with E-state index in [9.17, 15) is 24.8 Å². The summed E-state index contributed by atoms with van der Waals surface area (Å²) >= 11 is 5.81. The summed E-state index contributed by atoms with van der Waals surface area (Å²) in [5.74, 6) is -1.51. The average molecular weight is 974 g/mol. The third-order valence-corrected chi connectivity index (χ3v) is 18.3. The topological polar surface area (TPSA) is 265 Å². The van der Waals surface area contributed by atoms with Gasteiger partial charge in [-0.25, -0.2) is 28.7 Å². The molecule has 0 bridgehead atoms. The molecule has 6 heterocycles. The van der Waals surface area contributed by atoms with Crippen molar-refractivity contribution in [2.45, 2.75) is 108 Å². The minimum atomic E-state index is -4.19. The van der Waals surface area contributed by atoms with Gasteiger partial charge in [0.2, 0.25) is 11.9 Å². The Morgan fingerprint density at radius 2 is 1.67 bits per heavy atom. The van der Waals surface area contributed by atoms with Crippen LogP contribution in [-0.4, -0.2) is 121 Å². The molecule has 0 radical (unpaired) electrons. The molecular weight excluding hydrogens is 924 g/mol. The van der Waals surface area contributed by atoms with E-state index in [2.05, 4.69) is 40.5 Å². The molecule has 0 aliphatic carbocycles. The highest BCUT2D eigenvalue weighted by Gasteiger charge is 2.52. The summed E-state index contributed by atoms with van der Waals surface area (Å²) in [4.78, 5) is 62.3. The number of halogens is 2. The predicted octanol–water partition coefficient (Wildman–Crippen LogP) is 5.22. The van der Waals surface area contributed by atoms with Crippen molar-refractivity contribution in [2.75, 3.05) is 30.5 Å². The molecule has 354 valence electrons. The van der Waals surface area contributed by atoms with Crippen LogP contribution in [-0.2, 0) is 44.1 Å². The number of hydrogen-bond acceptors (Lipinski definition) is 17. The van der Waals surface area contributed by atoms with Crippen LogP contribution in [0.2, 0.25) is 18.1 Å². The van der Waals surface area contributed by atoms with Crippen LogP contribution < -0.4 is 16.2 Å². The molecule has 5 aromatic rings. The summed E-state index contributed by atoms with van der Waals surface area (Å²) in [5.41, 5.74) is -0.411. The first-order valence-electron chi connectivity index (χ1n) is 20.9. The number of aromatic amines is 1. The molecule has 2 aliphatic heterocycles. The lowest BCUT2D eigenvalue weighted by molar-refractivity contribution is -0.118. The van der Waals surface area contributed by atoms with Crippen LogP contribution >= 0.6 is 6.72 Å². The summed E-state index contributed by atoms with van der Waals surface area (Å²) < 4.78 is 72.4. The quantitative estimate of drug-likeness (QED) is 0.0529. The Labute approximate surface area is 382 Å². The lowest BCUT2D eigenvalue weighted by atomic mass is 10.1. The molecule has 66 heavy (non-hydrogen) atoms. The lowest BCUT2D eigenvalue weighted by Gasteiger charge is -2.37. The number of aromatic nitrogens is 8. The first-order chi connectivity index (χ1) is 31.2. The van der Waals surface area contributed by atoms with Gasteiger partial charge in [-0.3, -0.25) is 38.3 Å². The number of fused-ring (bicyclic) bond motifs is 2. The summed E-state index contributed by atoms with van der Waals surface area (Å²) in [5, 5.41) is 25.5. The summed E-state index contributed by atoms with van der Waals surface area (Å²) in [7, 11) is -2.46. The first kappa shape index (κ1) is 48.9. The second-order valence-electron chi connectivity index (χ2n) is 17.4. The number of hydrogen-bond donors (Lipinski definition) is 4. The van der Waals surface area contributed by atoms with Gasteiger partial charge in [-0.15, -0.1) is 0 Å². The number of rotatable bonds is 17. The number of nitrogens with zero attached hydrogens (tertiary/aromatic N) is 8. The molecule has 21 nitrogen and oxygen atoms in total. The zero-order valence-electron chi connectivity index (χ0n) is 37.0. The standard InChI is InChI=1S/C40H50F2N11O10PSSi/c1-21(2)34(55)50-39-49-33-28(36(57)51-39)47-20-53(33)38-30(25(41)23(61-38)17-60-66(6,7)40(3,4)5)63-64(65,58-15-11-14-43)59-16-24-29(54)26(42)37(62-24)52-19-46-27-31(44-18-45-32(27)52)48-35(56)22-12-9-8-10-13-22/h8-10,12-13,18-21,23-26,29-30,37-38,54H,11,15-17H2,1-7H3,(H,44,45,48,56)(H2,49,50,51,55,57)/t23-,24-,25-,26+,29-,30+,37-,38-,64?/m1/s1. The predicted molar refractivity (Wildman–Crippen MR) is 239 cm³/mol. The number of nitriles is 1. The van der Waals surface area contributed by atoms with Crippen molar-refractivity contribution in [2.24, 2.45) is 5.92 Å². The summed E-state index contributed by atoms with van der Waals surface area (Å²) in [6, 6.07) is 10.3. The molecule has 2 amide bonds. The fraction of sp³-hybridized carbons (Fsp3) is 0.525. The number of imidazole rings is 2. The van der Waals surface area contributed by atoms with E-state index in [0.717, 1.165) is 6.33 Å². The smallest absolute Gasteiger partial charge is 0.327 e. The second kappa shape index (κ2) is 19.7. The number of carbonyl (C=O) groups is 2. The number of benzene rings is 1. The molecule has 1 aromatic carbocycles. The number of aliphatic hydroxyl groups excluding tert-OH is 1. The molecule has 4 N–H and O–H groups in total. The first-order valence-corrected chi connectivity index (χ1v) is 26.4. The van der Waals surface area contributed by atoms with Crippen molar-refractivity contribution in [3.8, 4) is 6.07 Å². The van der Waals surface area contributed by atoms with Crippen molar-refractivity contribution in [3.05, 3.63) is 65.2 Å². The largest absolute Gasteiger partial charge is 0.414 e. The van der Waals surface area contributed by atoms with Gasteiger partial charge in [-0.05, 0) is 42.1 Å². The van der Waals surface area contributed by atoms with Gasteiger partial charge in [-0.1, -0.05) is 52.8 Å². The number of anilines is 2. The average Bonchev–Trinajstić information content (AvgIpc) is 4.04. The Bertz CT molecular complexity index is 2720. The molecule has 1 unspecified atom stereocenters. The van der Waals surface area contributed by atoms with Crippen molar-refractivity contribution >= 4 is 72.8 Å². The van der Waals surface area contributed by atoms with Crippen molar-refractivity contribution in [3.63, 3.8) is 0 Å². The van der Waals surface area contributed by atoms with Crippen LogP contribution in [0.25, 0.3) is 22.3 Å². The van der Waals surface area contributed by atoms with E-state index < -0.39 is 94.1 Å². The van der Waals surface area contributed by atoms with Crippen molar-refractivity contribution in [1.82, 2.24) is 39.0 Å². The van der Waals surface area contributed by atoms with Gasteiger partial charge in [0.1, 0.15) is 30.7 Å². The Morgan fingerprint density at radius 1 is 0.985 bits per heavy atom. The minimum Gasteiger partial charge on any atom is -0.414 e. The van der Waals surface area contributed by atoms with Gasteiger partial charge in [-0.2, -0.15) is 10.2 Å². The van der Waals surface area contributed by atoms with Gasteiger partial charge in [0.05, 0.1) is 45.0 Å². The minimum absolute atomic E-state index is 0.0487. The van der Waals surface area contributed by atoms with Gasteiger partial charge in [0, 0.05) is 11.5 Å². The molecule has 0 spiro atoms. The monoisotopic (exact) mass is 973 g/mol. The maximum atomic E-state index is 17.0. The number of aliphatic hydroxyl groups is 1. The summed E-state index contributed by atoms with van der Waals surface area (Å²) in [6.07, 6.45) is -9.78. The number of nitrogens with one attached hydrogen (secondary N) is 3. The van der Waals surface area contributed by atoms with E-state index in [4.69, 9.17) is 39.3 Å². The van der Waals surface area contributed by atoms with E-state index in [1.54, 1.807) is 44.2 Å². The van der Waals surface area contributed by atoms with E-state index >= 15 is 8.78 Å². The van der Waals surface area contributed by atoms with Crippen molar-refractivity contribution < 1.29 is 50.9 Å². The number of alkyl halides is 2. The van der Waals surface area contributed by atoms with Crippen LogP contribution in [0.3, 0.4) is 0 Å². The maximum Gasteiger partial charge on any atom is 0.327 e. The van der Waals surface area contributed by atoms with E-state index in [0.29, 0.717) is 5.56 Å². The maximum absolute atomic E-state index is 17.0. The van der Waals surface area contributed by atoms with Gasteiger partial charge >= 0.3 is 6.72 Å². The molecule has 2 saturated heterocycles. The highest BCUT2D eigenvalue weighted by atomic mass is 32.5. The normalized spacial score (nSPS) is 24.5. The highest BCUT2D eigenvalue weighted by molar-refractivity contribution is 8.07. The second-order valence-corrected chi connectivity index (χ2v) is 25.2. The molecule has 0 saturated carbocycles. The zero-order chi connectivity index (χ0) is 47.7. The third kappa shape index (κ3) is 10.3. The molecule has 9 atom stereocenters. The van der Waals surface area contributed by atoms with E-state index in [-0.39, 0.29) is 58.8 Å². The van der Waals surface area contributed by atoms with Gasteiger partial charge in [0.15, 0.2) is 61.3 Å². The molecule has 7 rings (SSSR count). The Hall–Kier alpha value is -5.00. The number of H-pyrrole nitrogens is 1. The number of amides is 2. The fourth-order valence-electron chi connectivity index (χ4n) is 6.68.